The number of rotatable bonds is 4. The van der Waals surface area contributed by atoms with Gasteiger partial charge in [0.25, 0.3) is 11.6 Å². The fraction of sp³-hybridized carbons (Fsp3) is 0.300. The molecule has 1 rings (SSSR count). The van der Waals surface area contributed by atoms with Gasteiger partial charge in [-0.15, -0.1) is 0 Å². The number of nitro groups is 1. The van der Waals surface area contributed by atoms with Crippen LogP contribution in [0.2, 0.25) is 0 Å². The molecule has 0 bridgehead atoms. The Morgan fingerprint density at radius 3 is 2.53 bits per heavy atom. The first kappa shape index (κ1) is 14.7. The number of hydrogen-bond acceptors (Lipinski definition) is 4. The lowest BCUT2D eigenvalue weighted by Gasteiger charge is -2.08. The Bertz CT molecular complexity index is 503. The first-order chi connectivity index (χ1) is 8.70. The Kier molecular flexibility index (Phi) is 4.30. The summed E-state index contributed by atoms with van der Waals surface area (Å²) >= 11 is 0. The highest BCUT2D eigenvalue weighted by Crippen LogP contribution is 2.22. The van der Waals surface area contributed by atoms with Crippen LogP contribution < -0.4 is 11.1 Å². The van der Waals surface area contributed by atoms with Crippen LogP contribution in [0.5, 0.6) is 0 Å². The molecule has 3 N–H and O–H groups in total. The molecule has 0 aliphatic heterocycles. The van der Waals surface area contributed by atoms with Crippen molar-refractivity contribution in [1.82, 2.24) is 5.32 Å². The zero-order valence-corrected chi connectivity index (χ0v) is 9.53. The number of halogens is 3. The molecule has 1 amide bonds. The molecule has 9 heteroatoms. The lowest BCUT2D eigenvalue weighted by Crippen LogP contribution is -2.28. The van der Waals surface area contributed by atoms with Crippen molar-refractivity contribution in [2.45, 2.75) is 12.6 Å². The van der Waals surface area contributed by atoms with Gasteiger partial charge in [0, 0.05) is 18.2 Å². The van der Waals surface area contributed by atoms with Crippen molar-refractivity contribution in [2.75, 3.05) is 12.3 Å². The van der Waals surface area contributed by atoms with E-state index < -0.39 is 30.0 Å². The van der Waals surface area contributed by atoms with E-state index >= 15 is 0 Å². The lowest BCUT2D eigenvalue weighted by atomic mass is 10.1. The second-order valence-corrected chi connectivity index (χ2v) is 3.65. The van der Waals surface area contributed by atoms with Crippen molar-refractivity contribution >= 4 is 17.3 Å². The van der Waals surface area contributed by atoms with E-state index in [-0.39, 0.29) is 16.9 Å². The number of amides is 1. The van der Waals surface area contributed by atoms with Gasteiger partial charge < -0.3 is 11.1 Å². The molecule has 1 aromatic carbocycles. The molecular formula is C10H10F3N3O3. The van der Waals surface area contributed by atoms with Crippen LogP contribution in [0, 0.1) is 10.1 Å². The number of carbonyl (C=O) groups is 1. The van der Waals surface area contributed by atoms with Gasteiger partial charge in [0.15, 0.2) is 0 Å². The maximum atomic E-state index is 11.9. The van der Waals surface area contributed by atoms with E-state index in [0.29, 0.717) is 0 Å². The monoisotopic (exact) mass is 277 g/mol. The summed E-state index contributed by atoms with van der Waals surface area (Å²) in [5.41, 5.74) is 4.72. The van der Waals surface area contributed by atoms with Gasteiger partial charge in [0.1, 0.15) is 5.69 Å². The summed E-state index contributed by atoms with van der Waals surface area (Å²) in [6, 6.07) is 3.19. The Balaban J connectivity index is 2.68. The Labute approximate surface area is 105 Å². The summed E-state index contributed by atoms with van der Waals surface area (Å²) in [6.07, 6.45) is -5.51. The van der Waals surface area contributed by atoms with E-state index in [1.807, 2.05) is 5.32 Å². The maximum Gasteiger partial charge on any atom is 0.390 e. The molecule has 0 spiro atoms. The van der Waals surface area contributed by atoms with Gasteiger partial charge in [-0.25, -0.2) is 0 Å². The number of carbonyl (C=O) groups excluding carboxylic acids is 1. The Morgan fingerprint density at radius 1 is 1.42 bits per heavy atom. The quantitative estimate of drug-likeness (QED) is 0.498. The molecule has 0 saturated carbocycles. The van der Waals surface area contributed by atoms with Crippen LogP contribution in [-0.4, -0.2) is 23.6 Å². The number of nitro benzene ring substituents is 1. The van der Waals surface area contributed by atoms with Crippen molar-refractivity contribution in [3.63, 3.8) is 0 Å². The maximum absolute atomic E-state index is 11.9. The second kappa shape index (κ2) is 5.55. The summed E-state index contributed by atoms with van der Waals surface area (Å²) in [4.78, 5) is 21.2. The van der Waals surface area contributed by atoms with Gasteiger partial charge in [-0.05, 0) is 12.1 Å². The molecule has 0 aliphatic carbocycles. The van der Waals surface area contributed by atoms with E-state index in [1.54, 1.807) is 0 Å². The predicted molar refractivity (Wildman–Crippen MR) is 60.5 cm³/mol. The molecule has 104 valence electrons. The van der Waals surface area contributed by atoms with Crippen molar-refractivity contribution in [3.8, 4) is 0 Å². The number of nitrogens with zero attached hydrogens (tertiary/aromatic N) is 1. The van der Waals surface area contributed by atoms with Crippen molar-refractivity contribution in [3.05, 3.63) is 33.9 Å². The van der Waals surface area contributed by atoms with Crippen molar-refractivity contribution < 1.29 is 22.9 Å². The third-order valence-corrected chi connectivity index (χ3v) is 2.18. The molecule has 0 radical (unpaired) electrons. The summed E-state index contributed by atoms with van der Waals surface area (Å²) in [6.45, 7) is -0.570. The van der Waals surface area contributed by atoms with Gasteiger partial charge in [0.2, 0.25) is 0 Å². The first-order valence-corrected chi connectivity index (χ1v) is 5.09. The molecule has 19 heavy (non-hydrogen) atoms. The molecule has 0 aromatic heterocycles. The lowest BCUT2D eigenvalue weighted by molar-refractivity contribution is -0.383. The number of anilines is 1. The fourth-order valence-corrected chi connectivity index (χ4v) is 1.28. The summed E-state index contributed by atoms with van der Waals surface area (Å²) in [7, 11) is 0. The minimum absolute atomic E-state index is 0.0368. The number of nitrogens with two attached hydrogens (primary N) is 1. The van der Waals surface area contributed by atoms with Crippen molar-refractivity contribution in [1.29, 1.82) is 0 Å². The number of nitrogen functional groups attached to an aromatic ring is 1. The summed E-state index contributed by atoms with van der Waals surface area (Å²) < 4.78 is 35.6. The van der Waals surface area contributed by atoms with E-state index in [0.717, 1.165) is 18.2 Å². The predicted octanol–water partition coefficient (Wildman–Crippen LogP) is 1.86. The number of benzene rings is 1. The Morgan fingerprint density at radius 2 is 2.05 bits per heavy atom. The zero-order valence-electron chi connectivity index (χ0n) is 9.53. The fourth-order valence-electron chi connectivity index (χ4n) is 1.28. The molecule has 0 atom stereocenters. The van der Waals surface area contributed by atoms with Crippen LogP contribution in [0.1, 0.15) is 16.8 Å². The van der Waals surface area contributed by atoms with Crippen LogP contribution in [0.25, 0.3) is 0 Å². The molecule has 0 heterocycles. The zero-order chi connectivity index (χ0) is 14.6. The molecule has 0 unspecified atom stereocenters. The van der Waals surface area contributed by atoms with Gasteiger partial charge in [-0.1, -0.05) is 0 Å². The van der Waals surface area contributed by atoms with E-state index in [2.05, 4.69) is 0 Å². The number of nitrogens with one attached hydrogen (secondary N) is 1. The number of hydrogen-bond donors (Lipinski definition) is 2. The average molecular weight is 277 g/mol. The third-order valence-electron chi connectivity index (χ3n) is 2.18. The van der Waals surface area contributed by atoms with Crippen LogP contribution in [-0.2, 0) is 0 Å². The highest BCUT2D eigenvalue weighted by atomic mass is 19.4. The smallest absolute Gasteiger partial charge is 0.390 e. The minimum Gasteiger partial charge on any atom is -0.393 e. The van der Waals surface area contributed by atoms with Crippen molar-refractivity contribution in [2.24, 2.45) is 0 Å². The van der Waals surface area contributed by atoms with Gasteiger partial charge in [-0.3, -0.25) is 14.9 Å². The van der Waals surface area contributed by atoms with Crippen LogP contribution >= 0.6 is 0 Å². The minimum atomic E-state index is -4.36. The standard InChI is InChI=1S/C10H10F3N3O3/c11-10(12,13)3-4-15-9(17)6-1-2-8(16(18)19)7(14)5-6/h1-2,5H,3-4,14H2,(H,15,17). The summed E-state index contributed by atoms with van der Waals surface area (Å²) in [5, 5.41) is 12.5. The average Bonchev–Trinajstić information content (AvgIpc) is 2.26. The Hall–Kier alpha value is -2.32. The van der Waals surface area contributed by atoms with Crippen LogP contribution in [0.4, 0.5) is 24.5 Å². The van der Waals surface area contributed by atoms with E-state index in [1.165, 1.54) is 0 Å². The number of alkyl halides is 3. The van der Waals surface area contributed by atoms with Gasteiger partial charge in [0.05, 0.1) is 11.3 Å². The van der Waals surface area contributed by atoms with E-state index in [9.17, 15) is 28.1 Å². The van der Waals surface area contributed by atoms with Crippen LogP contribution in [0.15, 0.2) is 18.2 Å². The molecule has 0 aliphatic rings. The normalized spacial score (nSPS) is 11.1. The van der Waals surface area contributed by atoms with E-state index in [4.69, 9.17) is 5.73 Å². The largest absolute Gasteiger partial charge is 0.393 e. The SMILES string of the molecule is Nc1cc(C(=O)NCCC(F)(F)F)ccc1[N+](=O)[O-]. The highest BCUT2D eigenvalue weighted by molar-refractivity contribution is 5.95. The van der Waals surface area contributed by atoms with Gasteiger partial charge in [-0.2, -0.15) is 13.2 Å². The highest BCUT2D eigenvalue weighted by Gasteiger charge is 2.26. The van der Waals surface area contributed by atoms with Gasteiger partial charge >= 0.3 is 6.18 Å². The molecule has 0 fully saturated rings. The second-order valence-electron chi connectivity index (χ2n) is 3.65. The summed E-state index contributed by atoms with van der Waals surface area (Å²) in [5.74, 6) is -0.772. The first-order valence-electron chi connectivity index (χ1n) is 5.09. The molecule has 1 aromatic rings. The third kappa shape index (κ3) is 4.45. The van der Waals surface area contributed by atoms with Crippen LogP contribution in [0.3, 0.4) is 0 Å². The molecular weight excluding hydrogens is 267 g/mol. The topological polar surface area (TPSA) is 98.3 Å². The molecule has 0 saturated heterocycles. The molecule has 6 nitrogen and oxygen atoms in total.